The van der Waals surface area contributed by atoms with E-state index in [1.807, 2.05) is 29.7 Å². The van der Waals surface area contributed by atoms with Gasteiger partial charge >= 0.3 is 5.97 Å². The SMILES string of the molecule is CC(C)C(=O)N1CCC(c2ccc(C3(C(=O)N4CC[C@@]5(C4)OC(=O)c4cnccc45)CC3)cc2)CC1. The number of rotatable bonds is 4. The van der Waals surface area contributed by atoms with Crippen molar-refractivity contribution in [1.82, 2.24) is 14.8 Å². The van der Waals surface area contributed by atoms with Gasteiger partial charge in [0, 0.05) is 49.9 Å². The van der Waals surface area contributed by atoms with Gasteiger partial charge < -0.3 is 14.5 Å². The van der Waals surface area contributed by atoms with Crippen molar-refractivity contribution in [2.45, 2.75) is 62.9 Å². The van der Waals surface area contributed by atoms with Crippen LogP contribution in [0.25, 0.3) is 0 Å². The van der Waals surface area contributed by atoms with E-state index in [0.717, 1.165) is 49.9 Å². The van der Waals surface area contributed by atoms with Crippen LogP contribution in [0.4, 0.5) is 0 Å². The number of benzene rings is 1. The van der Waals surface area contributed by atoms with Gasteiger partial charge in [-0.15, -0.1) is 0 Å². The molecule has 36 heavy (non-hydrogen) atoms. The Bertz CT molecular complexity index is 1210. The molecule has 188 valence electrons. The third-order valence-corrected chi connectivity index (χ3v) is 8.73. The topological polar surface area (TPSA) is 79.8 Å². The van der Waals surface area contributed by atoms with Gasteiger partial charge in [0.2, 0.25) is 11.8 Å². The normalized spacial score (nSPS) is 24.8. The fourth-order valence-electron chi connectivity index (χ4n) is 6.43. The van der Waals surface area contributed by atoms with E-state index in [0.29, 0.717) is 31.0 Å². The fraction of sp³-hybridized carbons (Fsp3) is 0.517. The quantitative estimate of drug-likeness (QED) is 0.614. The first kappa shape index (κ1) is 23.2. The molecule has 7 heteroatoms. The number of nitrogens with zero attached hydrogens (tertiary/aromatic N) is 3. The lowest BCUT2D eigenvalue weighted by Gasteiger charge is -2.33. The van der Waals surface area contributed by atoms with E-state index in [1.54, 1.807) is 12.4 Å². The molecule has 0 unspecified atom stereocenters. The summed E-state index contributed by atoms with van der Waals surface area (Å²) in [6, 6.07) is 10.5. The fourth-order valence-corrected chi connectivity index (χ4v) is 6.43. The second-order valence-corrected chi connectivity index (χ2v) is 11.2. The molecule has 1 saturated carbocycles. The number of amides is 2. The molecule has 1 aromatic heterocycles. The third kappa shape index (κ3) is 3.62. The Morgan fingerprint density at radius 2 is 1.72 bits per heavy atom. The molecule has 4 aliphatic rings. The Kier molecular flexibility index (Phi) is 5.43. The maximum absolute atomic E-state index is 13.7. The molecular formula is C29H33N3O4. The van der Waals surface area contributed by atoms with Crippen LogP contribution in [-0.4, -0.2) is 58.7 Å². The largest absolute Gasteiger partial charge is 0.449 e. The highest BCUT2D eigenvalue weighted by Crippen LogP contribution is 2.52. The number of ether oxygens (including phenoxy) is 1. The smallest absolute Gasteiger partial charge is 0.341 e. The zero-order valence-corrected chi connectivity index (χ0v) is 21.0. The summed E-state index contributed by atoms with van der Waals surface area (Å²) in [7, 11) is 0. The average molecular weight is 488 g/mol. The van der Waals surface area contributed by atoms with Crippen molar-refractivity contribution in [2.75, 3.05) is 26.2 Å². The lowest BCUT2D eigenvalue weighted by atomic mass is 9.86. The Labute approximate surface area is 211 Å². The highest BCUT2D eigenvalue weighted by atomic mass is 16.6. The van der Waals surface area contributed by atoms with Crippen molar-refractivity contribution in [1.29, 1.82) is 0 Å². The van der Waals surface area contributed by atoms with Crippen LogP contribution in [0.1, 0.15) is 78.9 Å². The van der Waals surface area contributed by atoms with E-state index < -0.39 is 11.0 Å². The zero-order chi connectivity index (χ0) is 25.1. The molecule has 7 nitrogen and oxygen atoms in total. The van der Waals surface area contributed by atoms with Gasteiger partial charge in [-0.3, -0.25) is 14.6 Å². The van der Waals surface area contributed by atoms with Crippen LogP contribution in [0.5, 0.6) is 0 Å². The number of likely N-dealkylation sites (tertiary alicyclic amines) is 2. The van der Waals surface area contributed by atoms with E-state index in [-0.39, 0.29) is 23.7 Å². The number of piperidine rings is 1. The Hall–Kier alpha value is -3.22. The van der Waals surface area contributed by atoms with Crippen LogP contribution in [0, 0.1) is 5.92 Å². The van der Waals surface area contributed by atoms with Crippen molar-refractivity contribution in [3.05, 3.63) is 65.0 Å². The van der Waals surface area contributed by atoms with Crippen LogP contribution >= 0.6 is 0 Å². The van der Waals surface area contributed by atoms with E-state index >= 15 is 0 Å². The van der Waals surface area contributed by atoms with Gasteiger partial charge in [-0.2, -0.15) is 0 Å². The second kappa shape index (κ2) is 8.43. The summed E-state index contributed by atoms with van der Waals surface area (Å²) < 4.78 is 5.82. The number of pyridine rings is 1. The van der Waals surface area contributed by atoms with Crippen LogP contribution in [0.15, 0.2) is 42.7 Å². The number of fused-ring (bicyclic) bond motifs is 2. The van der Waals surface area contributed by atoms with E-state index in [4.69, 9.17) is 4.74 Å². The number of aromatic nitrogens is 1. The summed E-state index contributed by atoms with van der Waals surface area (Å²) in [5.41, 5.74) is 2.55. The Morgan fingerprint density at radius 1 is 1.00 bits per heavy atom. The average Bonchev–Trinajstić information content (AvgIpc) is 3.54. The van der Waals surface area contributed by atoms with Gasteiger partial charge in [0.15, 0.2) is 5.60 Å². The maximum Gasteiger partial charge on any atom is 0.341 e. The molecule has 0 N–H and O–H groups in total. The predicted molar refractivity (Wildman–Crippen MR) is 133 cm³/mol. The molecule has 1 aromatic carbocycles. The summed E-state index contributed by atoms with van der Waals surface area (Å²) >= 11 is 0. The molecule has 2 amide bonds. The Morgan fingerprint density at radius 3 is 2.39 bits per heavy atom. The first-order chi connectivity index (χ1) is 17.3. The van der Waals surface area contributed by atoms with Gasteiger partial charge in [-0.1, -0.05) is 38.1 Å². The highest BCUT2D eigenvalue weighted by Gasteiger charge is 2.57. The van der Waals surface area contributed by atoms with Gasteiger partial charge in [0.25, 0.3) is 0 Å². The maximum atomic E-state index is 13.7. The number of esters is 1. The van der Waals surface area contributed by atoms with E-state index in [2.05, 4.69) is 29.2 Å². The minimum atomic E-state index is -0.739. The van der Waals surface area contributed by atoms with E-state index in [1.165, 1.54) is 5.56 Å². The van der Waals surface area contributed by atoms with E-state index in [9.17, 15) is 14.4 Å². The van der Waals surface area contributed by atoms with Crippen LogP contribution < -0.4 is 0 Å². The first-order valence-corrected chi connectivity index (χ1v) is 13.2. The summed E-state index contributed by atoms with van der Waals surface area (Å²) in [6.45, 7) is 6.53. The summed E-state index contributed by atoms with van der Waals surface area (Å²) in [5, 5.41) is 0. The molecule has 0 radical (unpaired) electrons. The van der Waals surface area contributed by atoms with Crippen molar-refractivity contribution < 1.29 is 19.1 Å². The minimum Gasteiger partial charge on any atom is -0.449 e. The lowest BCUT2D eigenvalue weighted by Crippen LogP contribution is -2.40. The minimum absolute atomic E-state index is 0.0473. The zero-order valence-electron chi connectivity index (χ0n) is 21.0. The first-order valence-electron chi connectivity index (χ1n) is 13.2. The molecule has 2 saturated heterocycles. The molecule has 4 heterocycles. The van der Waals surface area contributed by atoms with Gasteiger partial charge in [-0.25, -0.2) is 4.79 Å². The number of carbonyl (C=O) groups is 3. The molecule has 0 bridgehead atoms. The summed E-state index contributed by atoms with van der Waals surface area (Å²) in [5.74, 6) is 0.543. The van der Waals surface area contributed by atoms with Crippen LogP contribution in [0.3, 0.4) is 0 Å². The summed E-state index contributed by atoms with van der Waals surface area (Å²) in [4.78, 5) is 46.4. The Balaban J connectivity index is 1.13. The van der Waals surface area contributed by atoms with Gasteiger partial charge in [0.05, 0.1) is 17.5 Å². The lowest BCUT2D eigenvalue weighted by molar-refractivity contribution is -0.135. The molecule has 1 spiro atoms. The third-order valence-electron chi connectivity index (χ3n) is 8.73. The highest BCUT2D eigenvalue weighted by molar-refractivity contribution is 5.95. The number of hydrogen-bond acceptors (Lipinski definition) is 5. The number of carbonyl (C=O) groups excluding carboxylic acids is 3. The molecule has 1 atom stereocenters. The van der Waals surface area contributed by atoms with Gasteiger partial charge in [0.1, 0.15) is 0 Å². The summed E-state index contributed by atoms with van der Waals surface area (Å²) in [6.07, 6.45) is 7.53. The number of hydrogen-bond donors (Lipinski definition) is 0. The molecule has 3 fully saturated rings. The van der Waals surface area contributed by atoms with Crippen molar-refractivity contribution in [3.63, 3.8) is 0 Å². The molecular weight excluding hydrogens is 454 g/mol. The van der Waals surface area contributed by atoms with Crippen molar-refractivity contribution in [2.24, 2.45) is 5.92 Å². The monoisotopic (exact) mass is 487 g/mol. The van der Waals surface area contributed by atoms with Gasteiger partial charge in [-0.05, 0) is 48.8 Å². The van der Waals surface area contributed by atoms with Crippen molar-refractivity contribution in [3.8, 4) is 0 Å². The standard InChI is InChI=1S/C29H33N3O4/c1-19(2)25(33)31-14-8-21(9-15-31)20-3-5-22(6-4-20)28(10-11-28)27(35)32-16-12-29(18-32)24-7-13-30-17-23(24)26(34)36-29/h3-7,13,17,19,21H,8-12,14-16,18H2,1-2H3/t29-/m0/s1. The van der Waals surface area contributed by atoms with Crippen LogP contribution in [-0.2, 0) is 25.3 Å². The second-order valence-electron chi connectivity index (χ2n) is 11.2. The molecule has 3 aliphatic heterocycles. The van der Waals surface area contributed by atoms with Crippen molar-refractivity contribution >= 4 is 17.8 Å². The molecule has 2 aromatic rings. The van der Waals surface area contributed by atoms with Crippen LogP contribution in [0.2, 0.25) is 0 Å². The molecule has 6 rings (SSSR count). The molecule has 1 aliphatic carbocycles. The predicted octanol–water partition coefficient (Wildman–Crippen LogP) is 3.77.